The molecule has 0 fully saturated rings. The molecule has 86 valence electrons. The molecule has 0 bridgehead atoms. The van der Waals surface area contributed by atoms with E-state index < -0.39 is 0 Å². The van der Waals surface area contributed by atoms with E-state index >= 15 is 0 Å². The van der Waals surface area contributed by atoms with Crippen LogP contribution in [0.2, 0.25) is 0 Å². The summed E-state index contributed by atoms with van der Waals surface area (Å²) >= 11 is 1.74. The van der Waals surface area contributed by atoms with Crippen molar-refractivity contribution in [1.29, 1.82) is 0 Å². The van der Waals surface area contributed by atoms with Gasteiger partial charge in [-0.25, -0.2) is 4.98 Å². The predicted octanol–water partition coefficient (Wildman–Crippen LogP) is 1.52. The SMILES string of the molecule is Cc1ncc(CNCCc2ccn(C)n2)s1. The fourth-order valence-electron chi connectivity index (χ4n) is 1.51. The first kappa shape index (κ1) is 11.3. The molecule has 2 aromatic heterocycles. The summed E-state index contributed by atoms with van der Waals surface area (Å²) in [5.41, 5.74) is 1.13. The van der Waals surface area contributed by atoms with Gasteiger partial charge < -0.3 is 5.32 Å². The van der Waals surface area contributed by atoms with E-state index in [-0.39, 0.29) is 0 Å². The smallest absolute Gasteiger partial charge is 0.0897 e. The molecule has 0 aliphatic heterocycles. The van der Waals surface area contributed by atoms with Gasteiger partial charge in [0.25, 0.3) is 0 Å². The third-order valence-electron chi connectivity index (χ3n) is 2.30. The van der Waals surface area contributed by atoms with E-state index in [4.69, 9.17) is 0 Å². The third-order valence-corrected chi connectivity index (χ3v) is 3.21. The molecule has 2 heterocycles. The topological polar surface area (TPSA) is 42.7 Å². The molecule has 0 aromatic carbocycles. The molecule has 0 amide bonds. The number of hydrogen-bond acceptors (Lipinski definition) is 4. The second kappa shape index (κ2) is 5.23. The Morgan fingerprint density at radius 1 is 1.50 bits per heavy atom. The number of hydrogen-bond donors (Lipinski definition) is 1. The van der Waals surface area contributed by atoms with Crippen molar-refractivity contribution in [3.63, 3.8) is 0 Å². The van der Waals surface area contributed by atoms with Gasteiger partial charge in [0.1, 0.15) is 0 Å². The maximum atomic E-state index is 4.33. The quantitative estimate of drug-likeness (QED) is 0.800. The van der Waals surface area contributed by atoms with E-state index in [9.17, 15) is 0 Å². The zero-order chi connectivity index (χ0) is 11.4. The first-order chi connectivity index (χ1) is 7.74. The average molecular weight is 236 g/mol. The predicted molar refractivity (Wildman–Crippen MR) is 65.5 cm³/mol. The molecular weight excluding hydrogens is 220 g/mol. The Kier molecular flexibility index (Phi) is 3.69. The van der Waals surface area contributed by atoms with Crippen molar-refractivity contribution in [2.24, 2.45) is 7.05 Å². The van der Waals surface area contributed by atoms with Gasteiger partial charge in [-0.1, -0.05) is 0 Å². The lowest BCUT2D eigenvalue weighted by molar-refractivity contribution is 0.669. The lowest BCUT2D eigenvalue weighted by Crippen LogP contribution is -2.16. The van der Waals surface area contributed by atoms with E-state index in [0.29, 0.717) is 0 Å². The van der Waals surface area contributed by atoms with E-state index in [2.05, 4.69) is 21.5 Å². The lowest BCUT2D eigenvalue weighted by Gasteiger charge is -2.00. The van der Waals surface area contributed by atoms with E-state index in [0.717, 1.165) is 30.2 Å². The van der Waals surface area contributed by atoms with Crippen LogP contribution >= 0.6 is 11.3 Å². The van der Waals surface area contributed by atoms with Gasteiger partial charge in [0.05, 0.1) is 10.7 Å². The van der Waals surface area contributed by atoms with Crippen LogP contribution in [0.3, 0.4) is 0 Å². The first-order valence-electron chi connectivity index (χ1n) is 5.34. The van der Waals surface area contributed by atoms with Gasteiger partial charge in [-0.3, -0.25) is 4.68 Å². The van der Waals surface area contributed by atoms with Gasteiger partial charge in [0, 0.05) is 43.8 Å². The van der Waals surface area contributed by atoms with Crippen LogP contribution in [-0.2, 0) is 20.0 Å². The number of nitrogens with one attached hydrogen (secondary N) is 1. The molecule has 0 unspecified atom stereocenters. The van der Waals surface area contributed by atoms with Gasteiger partial charge in [-0.2, -0.15) is 5.10 Å². The van der Waals surface area contributed by atoms with Gasteiger partial charge in [-0.05, 0) is 13.0 Å². The molecule has 5 heteroatoms. The maximum Gasteiger partial charge on any atom is 0.0897 e. The Labute approximate surface area is 99.3 Å². The van der Waals surface area contributed by atoms with Gasteiger partial charge in [0.15, 0.2) is 0 Å². The number of aryl methyl sites for hydroxylation is 2. The van der Waals surface area contributed by atoms with Crippen LogP contribution in [0.1, 0.15) is 15.6 Å². The van der Waals surface area contributed by atoms with Crippen molar-refractivity contribution in [2.45, 2.75) is 19.9 Å². The molecule has 0 aliphatic rings. The van der Waals surface area contributed by atoms with Crippen molar-refractivity contribution >= 4 is 11.3 Å². The Morgan fingerprint density at radius 3 is 3.00 bits per heavy atom. The normalized spacial score (nSPS) is 10.9. The number of aromatic nitrogens is 3. The fourth-order valence-corrected chi connectivity index (χ4v) is 2.28. The Bertz CT molecular complexity index is 404. The largest absolute Gasteiger partial charge is 0.311 e. The van der Waals surface area contributed by atoms with Gasteiger partial charge in [-0.15, -0.1) is 11.3 Å². The lowest BCUT2D eigenvalue weighted by atomic mass is 10.3. The molecule has 2 rings (SSSR count). The number of nitrogens with zero attached hydrogens (tertiary/aromatic N) is 3. The highest BCUT2D eigenvalue weighted by molar-refractivity contribution is 7.11. The summed E-state index contributed by atoms with van der Waals surface area (Å²) in [4.78, 5) is 5.51. The summed E-state index contributed by atoms with van der Waals surface area (Å²) in [5.74, 6) is 0. The standard InChI is InChI=1S/C11H16N4S/c1-9-13-8-11(16-9)7-12-5-3-10-4-6-15(2)14-10/h4,6,8,12H,3,5,7H2,1-2H3. The highest BCUT2D eigenvalue weighted by Gasteiger charge is 1.99. The molecular formula is C11H16N4S. The van der Waals surface area contributed by atoms with Gasteiger partial charge in [0.2, 0.25) is 0 Å². The van der Waals surface area contributed by atoms with E-state index in [1.807, 2.05) is 31.0 Å². The number of rotatable bonds is 5. The highest BCUT2D eigenvalue weighted by atomic mass is 32.1. The summed E-state index contributed by atoms with van der Waals surface area (Å²) < 4.78 is 1.84. The molecule has 0 atom stereocenters. The zero-order valence-corrected chi connectivity index (χ0v) is 10.4. The van der Waals surface area contributed by atoms with E-state index in [1.54, 1.807) is 11.3 Å². The maximum absolute atomic E-state index is 4.33. The van der Waals surface area contributed by atoms with Crippen LogP contribution in [0.4, 0.5) is 0 Å². The molecule has 16 heavy (non-hydrogen) atoms. The Hall–Kier alpha value is -1.20. The molecule has 4 nitrogen and oxygen atoms in total. The van der Waals surface area contributed by atoms with Crippen molar-refractivity contribution < 1.29 is 0 Å². The minimum Gasteiger partial charge on any atom is -0.311 e. The molecule has 1 N–H and O–H groups in total. The summed E-state index contributed by atoms with van der Waals surface area (Å²) in [7, 11) is 1.94. The summed E-state index contributed by atoms with van der Waals surface area (Å²) in [5, 5.41) is 8.85. The Balaban J connectivity index is 1.69. The van der Waals surface area contributed by atoms with Gasteiger partial charge >= 0.3 is 0 Å². The number of thiazole rings is 1. The minimum atomic E-state index is 0.901. The monoisotopic (exact) mass is 236 g/mol. The van der Waals surface area contributed by atoms with Crippen molar-refractivity contribution in [2.75, 3.05) is 6.54 Å². The first-order valence-corrected chi connectivity index (χ1v) is 6.16. The van der Waals surface area contributed by atoms with E-state index in [1.165, 1.54) is 4.88 Å². The third kappa shape index (κ3) is 3.15. The second-order valence-electron chi connectivity index (χ2n) is 3.75. The van der Waals surface area contributed by atoms with Crippen molar-refractivity contribution in [1.82, 2.24) is 20.1 Å². The molecule has 2 aromatic rings. The van der Waals surface area contributed by atoms with Crippen molar-refractivity contribution in [3.8, 4) is 0 Å². The van der Waals surface area contributed by atoms with Crippen LogP contribution in [0.25, 0.3) is 0 Å². The van der Waals surface area contributed by atoms with Crippen LogP contribution in [0.5, 0.6) is 0 Å². The van der Waals surface area contributed by atoms with Crippen molar-refractivity contribution in [3.05, 3.63) is 34.0 Å². The average Bonchev–Trinajstić information content (AvgIpc) is 2.83. The van der Waals surface area contributed by atoms with Crippen LogP contribution < -0.4 is 5.32 Å². The fraction of sp³-hybridized carbons (Fsp3) is 0.455. The second-order valence-corrected chi connectivity index (χ2v) is 5.07. The molecule has 0 radical (unpaired) electrons. The minimum absolute atomic E-state index is 0.901. The summed E-state index contributed by atoms with van der Waals surface area (Å²) in [6.45, 7) is 3.88. The van der Waals surface area contributed by atoms with Crippen LogP contribution in [-0.4, -0.2) is 21.3 Å². The zero-order valence-electron chi connectivity index (χ0n) is 9.60. The molecule has 0 saturated carbocycles. The summed E-state index contributed by atoms with van der Waals surface area (Å²) in [6.07, 6.45) is 4.88. The van der Waals surface area contributed by atoms with Crippen LogP contribution in [0, 0.1) is 6.92 Å². The molecule has 0 aliphatic carbocycles. The van der Waals surface area contributed by atoms with Crippen LogP contribution in [0.15, 0.2) is 18.5 Å². The molecule has 0 spiro atoms. The molecule has 0 saturated heterocycles. The summed E-state index contributed by atoms with van der Waals surface area (Å²) in [6, 6.07) is 2.05. The Morgan fingerprint density at radius 2 is 2.38 bits per heavy atom. The highest BCUT2D eigenvalue weighted by Crippen LogP contribution is 2.10.